The molecule has 0 aliphatic heterocycles. The van der Waals surface area contributed by atoms with Crippen molar-refractivity contribution in [1.29, 1.82) is 0 Å². The van der Waals surface area contributed by atoms with Crippen LogP contribution in [0.2, 0.25) is 0 Å². The van der Waals surface area contributed by atoms with Crippen LogP contribution >= 0.6 is 11.3 Å². The van der Waals surface area contributed by atoms with E-state index in [1.165, 1.54) is 10.6 Å². The normalized spacial score (nSPS) is 13.2. The Bertz CT molecular complexity index is 350. The van der Waals surface area contributed by atoms with Crippen molar-refractivity contribution >= 4 is 11.3 Å². The average Bonchev–Trinajstić information content (AvgIpc) is 2.77. The quantitative estimate of drug-likeness (QED) is 0.779. The fourth-order valence-corrected chi connectivity index (χ4v) is 3.24. The topological polar surface area (TPSA) is 34.1 Å². The number of aromatic nitrogens is 1. The van der Waals surface area contributed by atoms with Crippen LogP contribution in [0.4, 0.5) is 0 Å². The lowest BCUT2D eigenvalue weighted by Gasteiger charge is -2.10. The van der Waals surface area contributed by atoms with Gasteiger partial charge in [0.05, 0.1) is 5.69 Å². The van der Waals surface area contributed by atoms with Gasteiger partial charge in [-0.05, 0) is 18.9 Å². The highest BCUT2D eigenvalue weighted by atomic mass is 32.1. The van der Waals surface area contributed by atoms with Crippen molar-refractivity contribution in [3.05, 3.63) is 15.6 Å². The minimum Gasteiger partial charge on any atom is -0.374 e. The van der Waals surface area contributed by atoms with Crippen molar-refractivity contribution < 1.29 is 4.74 Å². The highest BCUT2D eigenvalue weighted by molar-refractivity contribution is 7.11. The summed E-state index contributed by atoms with van der Waals surface area (Å²) >= 11 is 1.80. The molecule has 1 heterocycles. The molecule has 0 aliphatic rings. The molecule has 0 saturated carbocycles. The number of hydrogen-bond donors (Lipinski definition) is 1. The van der Waals surface area contributed by atoms with Gasteiger partial charge in [-0.2, -0.15) is 0 Å². The summed E-state index contributed by atoms with van der Waals surface area (Å²) in [5.74, 6) is 0.475. The molecule has 1 rings (SSSR count). The standard InChI is InChI=1S/C14H26N2OS/c1-6-8-11(17-5)14-16-13(10(3)4)12(18-14)9-15-7-2/h10-11,15H,6-9H2,1-5H3. The molecule has 0 aliphatic carbocycles. The van der Waals surface area contributed by atoms with Gasteiger partial charge in [-0.1, -0.05) is 34.1 Å². The summed E-state index contributed by atoms with van der Waals surface area (Å²) in [7, 11) is 1.78. The lowest BCUT2D eigenvalue weighted by atomic mass is 10.1. The first-order valence-corrected chi connectivity index (χ1v) is 7.68. The van der Waals surface area contributed by atoms with Gasteiger partial charge in [-0.3, -0.25) is 0 Å². The summed E-state index contributed by atoms with van der Waals surface area (Å²) in [5.41, 5.74) is 1.23. The van der Waals surface area contributed by atoms with Crippen LogP contribution in [0, 0.1) is 0 Å². The summed E-state index contributed by atoms with van der Waals surface area (Å²) < 4.78 is 5.56. The number of hydrogen-bond acceptors (Lipinski definition) is 4. The van der Waals surface area contributed by atoms with Gasteiger partial charge in [-0.15, -0.1) is 11.3 Å². The molecule has 0 amide bonds. The average molecular weight is 270 g/mol. The Morgan fingerprint density at radius 2 is 2.06 bits per heavy atom. The fourth-order valence-electron chi connectivity index (χ4n) is 1.94. The van der Waals surface area contributed by atoms with Gasteiger partial charge in [0.15, 0.2) is 0 Å². The van der Waals surface area contributed by atoms with Crippen LogP contribution in [0.3, 0.4) is 0 Å². The minimum atomic E-state index is 0.160. The number of nitrogens with one attached hydrogen (secondary N) is 1. The van der Waals surface area contributed by atoms with Crippen LogP contribution in [-0.4, -0.2) is 18.6 Å². The molecule has 1 N–H and O–H groups in total. The molecule has 1 atom stereocenters. The first kappa shape index (κ1) is 15.6. The van der Waals surface area contributed by atoms with Crippen LogP contribution in [0.5, 0.6) is 0 Å². The zero-order valence-corrected chi connectivity index (χ0v) is 13.1. The molecule has 0 saturated heterocycles. The molecule has 1 unspecified atom stereocenters. The van der Waals surface area contributed by atoms with Crippen molar-refractivity contribution in [1.82, 2.24) is 10.3 Å². The summed E-state index contributed by atoms with van der Waals surface area (Å²) in [6.07, 6.45) is 2.33. The Balaban J connectivity index is 2.92. The van der Waals surface area contributed by atoms with Crippen molar-refractivity contribution in [2.75, 3.05) is 13.7 Å². The van der Waals surface area contributed by atoms with E-state index in [0.717, 1.165) is 30.9 Å². The molecule has 18 heavy (non-hydrogen) atoms. The third-order valence-electron chi connectivity index (χ3n) is 2.94. The monoisotopic (exact) mass is 270 g/mol. The van der Waals surface area contributed by atoms with Gasteiger partial charge in [0.1, 0.15) is 11.1 Å². The molecular formula is C14H26N2OS. The molecule has 0 aromatic carbocycles. The molecule has 0 bridgehead atoms. The maximum Gasteiger partial charge on any atom is 0.122 e. The molecule has 0 radical (unpaired) electrons. The van der Waals surface area contributed by atoms with E-state index in [2.05, 4.69) is 33.0 Å². The van der Waals surface area contributed by atoms with E-state index in [1.807, 2.05) is 0 Å². The van der Waals surface area contributed by atoms with E-state index in [4.69, 9.17) is 9.72 Å². The Morgan fingerprint density at radius 3 is 2.56 bits per heavy atom. The first-order valence-electron chi connectivity index (χ1n) is 6.86. The van der Waals surface area contributed by atoms with Crippen LogP contribution in [0.25, 0.3) is 0 Å². The Kier molecular flexibility index (Phi) is 6.82. The Hall–Kier alpha value is -0.450. The van der Waals surface area contributed by atoms with Gasteiger partial charge in [0.25, 0.3) is 0 Å². The van der Waals surface area contributed by atoms with Gasteiger partial charge in [-0.25, -0.2) is 4.98 Å². The van der Waals surface area contributed by atoms with E-state index in [9.17, 15) is 0 Å². The minimum absolute atomic E-state index is 0.160. The molecular weight excluding hydrogens is 244 g/mol. The van der Waals surface area contributed by atoms with Crippen molar-refractivity contribution in [2.45, 2.75) is 59.1 Å². The highest BCUT2D eigenvalue weighted by Crippen LogP contribution is 2.32. The van der Waals surface area contributed by atoms with E-state index in [-0.39, 0.29) is 6.10 Å². The number of nitrogens with zero attached hydrogens (tertiary/aromatic N) is 1. The summed E-state index contributed by atoms with van der Waals surface area (Å²) in [5, 5.41) is 4.53. The predicted molar refractivity (Wildman–Crippen MR) is 78.2 cm³/mol. The summed E-state index contributed by atoms with van der Waals surface area (Å²) in [4.78, 5) is 6.17. The number of thiazole rings is 1. The molecule has 4 heteroatoms. The van der Waals surface area contributed by atoms with Gasteiger partial charge in [0.2, 0.25) is 0 Å². The van der Waals surface area contributed by atoms with Gasteiger partial charge >= 0.3 is 0 Å². The zero-order valence-electron chi connectivity index (χ0n) is 12.2. The maximum atomic E-state index is 5.56. The third kappa shape index (κ3) is 4.04. The highest BCUT2D eigenvalue weighted by Gasteiger charge is 2.19. The molecule has 1 aromatic rings. The molecule has 3 nitrogen and oxygen atoms in total. The lowest BCUT2D eigenvalue weighted by Crippen LogP contribution is -2.12. The molecule has 0 spiro atoms. The smallest absolute Gasteiger partial charge is 0.122 e. The third-order valence-corrected chi connectivity index (χ3v) is 4.10. The van der Waals surface area contributed by atoms with Gasteiger partial charge in [0, 0.05) is 18.5 Å². The molecule has 1 aromatic heterocycles. The Labute approximate surface area is 115 Å². The number of ether oxygens (including phenoxy) is 1. The van der Waals surface area contributed by atoms with Crippen LogP contribution < -0.4 is 5.32 Å². The van der Waals surface area contributed by atoms with Crippen molar-refractivity contribution in [3.63, 3.8) is 0 Å². The fraction of sp³-hybridized carbons (Fsp3) is 0.786. The van der Waals surface area contributed by atoms with Crippen molar-refractivity contribution in [2.24, 2.45) is 0 Å². The summed E-state index contributed by atoms with van der Waals surface area (Å²) in [6, 6.07) is 0. The van der Waals surface area contributed by atoms with Crippen molar-refractivity contribution in [3.8, 4) is 0 Å². The maximum absolute atomic E-state index is 5.56. The molecule has 104 valence electrons. The Morgan fingerprint density at radius 1 is 1.33 bits per heavy atom. The second kappa shape index (κ2) is 7.87. The van der Waals surface area contributed by atoms with Crippen LogP contribution in [-0.2, 0) is 11.3 Å². The first-order chi connectivity index (χ1) is 8.63. The van der Waals surface area contributed by atoms with Crippen LogP contribution in [0.1, 0.15) is 68.1 Å². The molecule has 0 fully saturated rings. The zero-order chi connectivity index (χ0) is 13.5. The van der Waals surface area contributed by atoms with E-state index in [1.54, 1.807) is 18.4 Å². The number of rotatable bonds is 8. The van der Waals surface area contributed by atoms with Gasteiger partial charge < -0.3 is 10.1 Å². The predicted octanol–water partition coefficient (Wildman–Crippen LogP) is 3.86. The largest absolute Gasteiger partial charge is 0.374 e. The second-order valence-corrected chi connectivity index (χ2v) is 5.92. The SMILES string of the molecule is CCCC(OC)c1nc(C(C)C)c(CNCC)s1. The van der Waals surface area contributed by atoms with Crippen LogP contribution in [0.15, 0.2) is 0 Å². The summed E-state index contributed by atoms with van der Waals surface area (Å²) in [6.45, 7) is 10.6. The lowest BCUT2D eigenvalue weighted by molar-refractivity contribution is 0.0946. The number of methoxy groups -OCH3 is 1. The van der Waals surface area contributed by atoms with E-state index in [0.29, 0.717) is 5.92 Å². The second-order valence-electron chi connectivity index (χ2n) is 4.81. The van der Waals surface area contributed by atoms with E-state index >= 15 is 0 Å². The van der Waals surface area contributed by atoms with E-state index < -0.39 is 0 Å².